The van der Waals surface area contributed by atoms with Crippen LogP contribution in [0.5, 0.6) is 0 Å². The number of carbonyl (C=O) groups is 1. The molecule has 0 bridgehead atoms. The van der Waals surface area contributed by atoms with Gasteiger partial charge in [0.25, 0.3) is 11.3 Å². The molecule has 7 nitrogen and oxygen atoms in total. The predicted molar refractivity (Wildman–Crippen MR) is 112 cm³/mol. The molecule has 0 spiro atoms. The molecule has 1 aromatic carbocycles. The number of rotatable bonds is 7. The van der Waals surface area contributed by atoms with Crippen molar-refractivity contribution in [3.05, 3.63) is 52.7 Å². The number of anilines is 1. The van der Waals surface area contributed by atoms with Gasteiger partial charge in [-0.25, -0.2) is 4.98 Å². The maximum atomic E-state index is 12.6. The zero-order valence-corrected chi connectivity index (χ0v) is 17.4. The van der Waals surface area contributed by atoms with E-state index in [1.165, 1.54) is 16.3 Å². The highest BCUT2D eigenvalue weighted by atomic mass is 32.2. The first kappa shape index (κ1) is 20.1. The number of carbonyl (C=O) groups excluding carboxylic acids is 1. The summed E-state index contributed by atoms with van der Waals surface area (Å²) in [7, 11) is 0. The summed E-state index contributed by atoms with van der Waals surface area (Å²) in [5.74, 6) is 1.20. The Morgan fingerprint density at radius 3 is 2.68 bits per heavy atom. The van der Waals surface area contributed by atoms with E-state index in [2.05, 4.69) is 29.1 Å². The maximum Gasteiger partial charge on any atom is 0.274 e. The van der Waals surface area contributed by atoms with E-state index < -0.39 is 0 Å². The second kappa shape index (κ2) is 8.60. The van der Waals surface area contributed by atoms with Crippen LogP contribution < -0.4 is 10.9 Å². The first-order valence-electron chi connectivity index (χ1n) is 9.32. The quantitative estimate of drug-likeness (QED) is 0.616. The van der Waals surface area contributed by atoms with Crippen molar-refractivity contribution in [2.24, 2.45) is 11.8 Å². The number of nitrogens with one attached hydrogen (secondary N) is 1. The molecule has 1 amide bonds. The van der Waals surface area contributed by atoms with Crippen LogP contribution in [0.1, 0.15) is 33.4 Å². The maximum absolute atomic E-state index is 12.6. The van der Waals surface area contributed by atoms with Crippen molar-refractivity contribution < 1.29 is 4.79 Å². The van der Waals surface area contributed by atoms with E-state index in [0.717, 1.165) is 10.6 Å². The number of fused-ring (bicyclic) bond motifs is 1. The van der Waals surface area contributed by atoms with Gasteiger partial charge in [0.1, 0.15) is 6.33 Å². The topological polar surface area (TPSA) is 81.3 Å². The second-order valence-corrected chi connectivity index (χ2v) is 8.40. The molecule has 2 heterocycles. The van der Waals surface area contributed by atoms with Crippen molar-refractivity contribution in [2.45, 2.75) is 44.9 Å². The van der Waals surface area contributed by atoms with Crippen LogP contribution in [-0.4, -0.2) is 25.1 Å². The smallest absolute Gasteiger partial charge is 0.274 e. The molecular formula is C20H25N5O2S. The average molecular weight is 400 g/mol. The number of thioether (sulfide) groups is 1. The molecule has 28 heavy (non-hydrogen) atoms. The number of aromatic nitrogens is 4. The Morgan fingerprint density at radius 1 is 1.21 bits per heavy atom. The van der Waals surface area contributed by atoms with Gasteiger partial charge in [0.2, 0.25) is 5.91 Å². The summed E-state index contributed by atoms with van der Waals surface area (Å²) in [4.78, 5) is 34.3. The lowest BCUT2D eigenvalue weighted by molar-refractivity contribution is -0.118. The van der Waals surface area contributed by atoms with Crippen LogP contribution in [0.4, 0.5) is 5.69 Å². The molecule has 0 fully saturated rings. The van der Waals surface area contributed by atoms with E-state index in [4.69, 9.17) is 0 Å². The summed E-state index contributed by atoms with van der Waals surface area (Å²) in [6, 6.07) is 9.18. The molecule has 0 saturated carbocycles. The van der Waals surface area contributed by atoms with Crippen molar-refractivity contribution in [1.82, 2.24) is 19.2 Å². The molecule has 0 unspecified atom stereocenters. The molecule has 1 N–H and O–H groups in total. The fraction of sp³-hybridized carbons (Fsp3) is 0.400. The van der Waals surface area contributed by atoms with Gasteiger partial charge in [-0.05, 0) is 18.1 Å². The van der Waals surface area contributed by atoms with Crippen LogP contribution in [0.2, 0.25) is 0 Å². The second-order valence-electron chi connectivity index (χ2n) is 7.39. The van der Waals surface area contributed by atoms with Gasteiger partial charge in [0.05, 0.1) is 11.4 Å². The Labute approximate surface area is 168 Å². The molecule has 0 radical (unpaired) electrons. The summed E-state index contributed by atoms with van der Waals surface area (Å²) >= 11 is 1.53. The minimum absolute atomic E-state index is 0.0264. The van der Waals surface area contributed by atoms with Gasteiger partial charge >= 0.3 is 0 Å². The number of nitrogens with zero attached hydrogens (tertiary/aromatic N) is 4. The van der Waals surface area contributed by atoms with Crippen molar-refractivity contribution in [1.29, 1.82) is 0 Å². The predicted octanol–water partition coefficient (Wildman–Crippen LogP) is 3.43. The largest absolute Gasteiger partial charge is 0.325 e. The van der Waals surface area contributed by atoms with E-state index in [-0.39, 0.29) is 17.4 Å². The lowest BCUT2D eigenvalue weighted by Gasteiger charge is -2.12. The van der Waals surface area contributed by atoms with E-state index in [9.17, 15) is 9.59 Å². The van der Waals surface area contributed by atoms with Crippen LogP contribution in [0.25, 0.3) is 5.78 Å². The van der Waals surface area contributed by atoms with Crippen LogP contribution in [0.15, 0.2) is 46.3 Å². The summed E-state index contributed by atoms with van der Waals surface area (Å²) in [5.41, 5.74) is 1.29. The van der Waals surface area contributed by atoms with Crippen molar-refractivity contribution >= 4 is 29.1 Å². The Kier molecular flexibility index (Phi) is 6.18. The van der Waals surface area contributed by atoms with Gasteiger partial charge in [-0.2, -0.15) is 9.50 Å². The van der Waals surface area contributed by atoms with Crippen molar-refractivity contribution in [3.63, 3.8) is 0 Å². The van der Waals surface area contributed by atoms with Crippen LogP contribution in [0.3, 0.4) is 0 Å². The van der Waals surface area contributed by atoms with Gasteiger partial charge in [-0.1, -0.05) is 39.8 Å². The molecule has 8 heteroatoms. The summed E-state index contributed by atoms with van der Waals surface area (Å²) < 4.78 is 3.30. The summed E-state index contributed by atoms with van der Waals surface area (Å²) in [6.45, 7) is 8.59. The molecule has 2 aromatic heterocycles. The van der Waals surface area contributed by atoms with Gasteiger partial charge in [0.15, 0.2) is 0 Å². The summed E-state index contributed by atoms with van der Waals surface area (Å²) in [5, 5.41) is 2.95. The molecule has 3 rings (SSSR count). The Bertz CT molecular complexity index is 1040. The monoisotopic (exact) mass is 399 g/mol. The minimum Gasteiger partial charge on any atom is -0.325 e. The highest BCUT2D eigenvalue weighted by Gasteiger charge is 2.12. The summed E-state index contributed by atoms with van der Waals surface area (Å²) in [6.07, 6.45) is 1.65. The van der Waals surface area contributed by atoms with E-state index in [0.29, 0.717) is 29.7 Å². The molecule has 0 aliphatic heterocycles. The number of hydrogen-bond acceptors (Lipinski definition) is 5. The lowest BCUT2D eigenvalue weighted by atomic mass is 10.2. The van der Waals surface area contributed by atoms with Gasteiger partial charge in [0, 0.05) is 29.2 Å². The van der Waals surface area contributed by atoms with Gasteiger partial charge < -0.3 is 5.32 Å². The molecule has 0 aliphatic rings. The van der Waals surface area contributed by atoms with Crippen LogP contribution in [-0.2, 0) is 17.1 Å². The third-order valence-corrected chi connectivity index (χ3v) is 5.20. The third kappa shape index (κ3) is 4.62. The molecule has 148 valence electrons. The molecule has 0 atom stereocenters. The van der Waals surface area contributed by atoms with Crippen molar-refractivity contribution in [3.8, 4) is 0 Å². The van der Waals surface area contributed by atoms with Gasteiger partial charge in [-0.3, -0.25) is 14.3 Å². The average Bonchev–Trinajstić information content (AvgIpc) is 3.03. The fourth-order valence-corrected chi connectivity index (χ4v) is 3.61. The normalized spacial score (nSPS) is 11.5. The van der Waals surface area contributed by atoms with Crippen LogP contribution >= 0.6 is 11.8 Å². The van der Waals surface area contributed by atoms with E-state index in [1.54, 1.807) is 17.1 Å². The highest BCUT2D eigenvalue weighted by Crippen LogP contribution is 2.29. The zero-order valence-electron chi connectivity index (χ0n) is 16.5. The molecule has 0 saturated heterocycles. The number of benzene rings is 1. The van der Waals surface area contributed by atoms with Crippen molar-refractivity contribution in [2.75, 3.05) is 5.32 Å². The Hall–Kier alpha value is -2.61. The lowest BCUT2D eigenvalue weighted by Crippen LogP contribution is -2.22. The Balaban J connectivity index is 1.79. The highest BCUT2D eigenvalue weighted by molar-refractivity contribution is 7.98. The number of para-hydroxylation sites is 1. The van der Waals surface area contributed by atoms with E-state index in [1.807, 2.05) is 38.1 Å². The third-order valence-electron chi connectivity index (χ3n) is 4.09. The van der Waals surface area contributed by atoms with Gasteiger partial charge in [-0.15, -0.1) is 11.8 Å². The van der Waals surface area contributed by atoms with Crippen LogP contribution in [0, 0.1) is 11.8 Å². The standard InChI is InChI=1S/C20H25N5O2S/c1-13(2)10-24-12-21-20-22-15(9-18(26)25(20)24)11-28-17-8-6-5-7-16(17)23-19(27)14(3)4/h5-9,12-14H,10-11H2,1-4H3,(H,23,27). The zero-order chi connectivity index (χ0) is 20.3. The SMILES string of the molecule is CC(C)Cn1cnc2nc(CSc3ccccc3NC(=O)C(C)C)cc(=O)n21. The molecule has 3 aromatic rings. The molecular weight excluding hydrogens is 374 g/mol. The first-order valence-corrected chi connectivity index (χ1v) is 10.3. The fourth-order valence-electron chi connectivity index (χ4n) is 2.71. The number of amides is 1. The Morgan fingerprint density at radius 2 is 1.96 bits per heavy atom. The first-order chi connectivity index (χ1) is 13.3. The van der Waals surface area contributed by atoms with E-state index >= 15 is 0 Å². The molecule has 0 aliphatic carbocycles. The minimum atomic E-state index is -0.139. The number of hydrogen-bond donors (Lipinski definition) is 1.